The fourth-order valence-corrected chi connectivity index (χ4v) is 3.82. The van der Waals surface area contributed by atoms with Crippen molar-refractivity contribution in [3.8, 4) is 0 Å². The molecule has 1 aliphatic heterocycles. The Hall–Kier alpha value is -1.53. The number of urea groups is 1. The summed E-state index contributed by atoms with van der Waals surface area (Å²) in [4.78, 5) is 15.4. The largest absolute Gasteiger partial charge is 0.331 e. The molecule has 1 aliphatic rings. The molecule has 0 bridgehead atoms. The maximum Gasteiger partial charge on any atom is 0.317 e. The fraction of sp³-hybridized carbons (Fsp3) is 0.467. The van der Waals surface area contributed by atoms with E-state index in [9.17, 15) is 4.79 Å². The van der Waals surface area contributed by atoms with E-state index in [4.69, 9.17) is 11.6 Å². The second-order valence-electron chi connectivity index (χ2n) is 5.54. The Labute approximate surface area is 138 Å². The van der Waals surface area contributed by atoms with E-state index in [-0.39, 0.29) is 18.1 Å². The van der Waals surface area contributed by atoms with Gasteiger partial charge >= 0.3 is 6.03 Å². The summed E-state index contributed by atoms with van der Waals surface area (Å²) < 4.78 is 2.69. The van der Waals surface area contributed by atoms with Crippen LogP contribution in [0.3, 0.4) is 0 Å². The number of likely N-dealkylation sites (tertiary alicyclic amines) is 1. The first-order chi connectivity index (χ1) is 10.6. The highest BCUT2D eigenvalue weighted by atomic mass is 35.5. The lowest BCUT2D eigenvalue weighted by molar-refractivity contribution is 0.161. The van der Waals surface area contributed by atoms with E-state index in [1.165, 1.54) is 11.3 Å². The van der Waals surface area contributed by atoms with Crippen molar-refractivity contribution in [2.45, 2.75) is 31.8 Å². The number of nitrogens with one attached hydrogen (secondary N) is 1. The van der Waals surface area contributed by atoms with Crippen molar-refractivity contribution in [3.63, 3.8) is 0 Å². The number of hydrogen-bond donors (Lipinski definition) is 1. The van der Waals surface area contributed by atoms with Crippen molar-refractivity contribution >= 4 is 29.0 Å². The van der Waals surface area contributed by atoms with E-state index in [2.05, 4.69) is 10.4 Å². The molecule has 3 heterocycles. The van der Waals surface area contributed by atoms with Crippen LogP contribution in [0.5, 0.6) is 0 Å². The molecule has 5 nitrogen and oxygen atoms in total. The average molecular weight is 339 g/mol. The summed E-state index contributed by atoms with van der Waals surface area (Å²) in [6.07, 6.45) is 5.79. The third kappa shape index (κ3) is 3.44. The molecule has 0 aromatic carbocycles. The van der Waals surface area contributed by atoms with Gasteiger partial charge in [-0.15, -0.1) is 11.3 Å². The highest BCUT2D eigenvalue weighted by molar-refractivity contribution is 7.16. The van der Waals surface area contributed by atoms with Crippen molar-refractivity contribution in [2.24, 2.45) is 0 Å². The van der Waals surface area contributed by atoms with Gasteiger partial charge < -0.3 is 10.2 Å². The average Bonchev–Trinajstić information content (AvgIpc) is 3.18. The van der Waals surface area contributed by atoms with Crippen LogP contribution in [-0.2, 0) is 0 Å². The molecule has 7 heteroatoms. The van der Waals surface area contributed by atoms with E-state index >= 15 is 0 Å². The Morgan fingerprint density at radius 3 is 3.09 bits per heavy atom. The van der Waals surface area contributed by atoms with Crippen LogP contribution in [0, 0.1) is 0 Å². The Morgan fingerprint density at radius 2 is 2.41 bits per heavy atom. The minimum atomic E-state index is -0.0323. The standard InChI is InChI=1S/C15H19ClN4OS/c1-11(13-5-6-14(16)22-13)18-15(21)19-8-2-4-12(10-19)20-9-3-7-17-20/h3,5-7,9,11-12H,2,4,8,10H2,1H3,(H,18,21). The first kappa shape index (κ1) is 15.4. The predicted molar refractivity (Wildman–Crippen MR) is 88.3 cm³/mol. The zero-order chi connectivity index (χ0) is 15.5. The molecular formula is C15H19ClN4OS. The summed E-state index contributed by atoms with van der Waals surface area (Å²) in [5, 5.41) is 7.34. The number of amides is 2. The lowest BCUT2D eigenvalue weighted by atomic mass is 10.1. The summed E-state index contributed by atoms with van der Waals surface area (Å²) in [6, 6.07) is 5.95. The monoisotopic (exact) mass is 338 g/mol. The molecule has 1 saturated heterocycles. The van der Waals surface area contributed by atoms with Crippen molar-refractivity contribution in [1.29, 1.82) is 0 Å². The Morgan fingerprint density at radius 1 is 1.55 bits per heavy atom. The molecule has 0 aliphatic carbocycles. The Balaban J connectivity index is 1.59. The number of carbonyl (C=O) groups is 1. The van der Waals surface area contributed by atoms with Gasteiger partial charge in [0.1, 0.15) is 0 Å². The lowest BCUT2D eigenvalue weighted by Gasteiger charge is -2.33. The minimum Gasteiger partial charge on any atom is -0.331 e. The second kappa shape index (κ2) is 6.71. The highest BCUT2D eigenvalue weighted by Gasteiger charge is 2.26. The number of rotatable bonds is 3. The van der Waals surface area contributed by atoms with Crippen LogP contribution in [-0.4, -0.2) is 33.8 Å². The molecule has 2 amide bonds. The molecule has 0 spiro atoms. The van der Waals surface area contributed by atoms with Gasteiger partial charge in [0.05, 0.1) is 16.4 Å². The van der Waals surface area contributed by atoms with Crippen LogP contribution in [0.1, 0.15) is 36.7 Å². The Bertz CT molecular complexity index is 627. The zero-order valence-corrected chi connectivity index (χ0v) is 14.0. The van der Waals surface area contributed by atoms with Crippen LogP contribution in [0.2, 0.25) is 4.34 Å². The van der Waals surface area contributed by atoms with Gasteiger partial charge in [-0.25, -0.2) is 4.79 Å². The maximum absolute atomic E-state index is 12.5. The number of hydrogen-bond acceptors (Lipinski definition) is 3. The summed E-state index contributed by atoms with van der Waals surface area (Å²) in [5.41, 5.74) is 0. The summed E-state index contributed by atoms with van der Waals surface area (Å²) >= 11 is 7.45. The number of nitrogens with zero attached hydrogens (tertiary/aromatic N) is 3. The maximum atomic E-state index is 12.5. The molecule has 2 unspecified atom stereocenters. The van der Waals surface area contributed by atoms with Gasteiger partial charge in [0.2, 0.25) is 0 Å². The van der Waals surface area contributed by atoms with Crippen LogP contribution < -0.4 is 5.32 Å². The normalized spacial score (nSPS) is 19.9. The molecular weight excluding hydrogens is 320 g/mol. The third-order valence-electron chi connectivity index (χ3n) is 3.94. The van der Waals surface area contributed by atoms with E-state index in [1.807, 2.05) is 40.9 Å². The zero-order valence-electron chi connectivity index (χ0n) is 12.4. The molecule has 0 radical (unpaired) electrons. The number of halogens is 1. The van der Waals surface area contributed by atoms with Crippen LogP contribution >= 0.6 is 22.9 Å². The molecule has 2 aromatic heterocycles. The number of carbonyl (C=O) groups excluding carboxylic acids is 1. The van der Waals surface area contributed by atoms with Gasteiger partial charge in [-0.1, -0.05) is 11.6 Å². The molecule has 118 valence electrons. The van der Waals surface area contributed by atoms with Crippen molar-refractivity contribution in [2.75, 3.05) is 13.1 Å². The molecule has 1 N–H and O–H groups in total. The first-order valence-corrected chi connectivity index (χ1v) is 8.63. The van der Waals surface area contributed by atoms with E-state index in [0.29, 0.717) is 6.54 Å². The molecule has 2 atom stereocenters. The highest BCUT2D eigenvalue weighted by Crippen LogP contribution is 2.27. The van der Waals surface area contributed by atoms with Crippen molar-refractivity contribution < 1.29 is 4.79 Å². The molecule has 3 rings (SSSR count). The summed E-state index contributed by atoms with van der Waals surface area (Å²) in [7, 11) is 0. The fourth-order valence-electron chi connectivity index (χ4n) is 2.76. The summed E-state index contributed by atoms with van der Waals surface area (Å²) in [5.74, 6) is 0. The van der Waals surface area contributed by atoms with Crippen LogP contribution in [0.4, 0.5) is 4.79 Å². The topological polar surface area (TPSA) is 50.2 Å². The van der Waals surface area contributed by atoms with Gasteiger partial charge in [0.15, 0.2) is 0 Å². The van der Waals surface area contributed by atoms with Gasteiger partial charge in [-0.2, -0.15) is 5.10 Å². The predicted octanol–water partition coefficient (Wildman–Crippen LogP) is 3.71. The number of piperidine rings is 1. The first-order valence-electron chi connectivity index (χ1n) is 7.43. The molecule has 22 heavy (non-hydrogen) atoms. The van der Waals surface area contributed by atoms with Gasteiger partial charge in [-0.3, -0.25) is 4.68 Å². The molecule has 0 saturated carbocycles. The minimum absolute atomic E-state index is 0.0196. The molecule has 2 aromatic rings. The van der Waals surface area contributed by atoms with Gasteiger partial charge in [-0.05, 0) is 38.0 Å². The van der Waals surface area contributed by atoms with E-state index < -0.39 is 0 Å². The Kier molecular flexibility index (Phi) is 4.69. The van der Waals surface area contributed by atoms with Crippen molar-refractivity contribution in [1.82, 2.24) is 20.0 Å². The summed E-state index contributed by atoms with van der Waals surface area (Å²) in [6.45, 7) is 3.47. The quantitative estimate of drug-likeness (QED) is 0.927. The number of aromatic nitrogens is 2. The van der Waals surface area contributed by atoms with Gasteiger partial charge in [0.25, 0.3) is 0 Å². The second-order valence-corrected chi connectivity index (χ2v) is 7.29. The van der Waals surface area contributed by atoms with E-state index in [1.54, 1.807) is 6.20 Å². The van der Waals surface area contributed by atoms with Crippen LogP contribution in [0.25, 0.3) is 0 Å². The van der Waals surface area contributed by atoms with Gasteiger partial charge in [0, 0.05) is 30.4 Å². The number of thiophene rings is 1. The van der Waals surface area contributed by atoms with E-state index in [0.717, 1.165) is 28.6 Å². The third-order valence-corrected chi connectivity index (χ3v) is 5.36. The smallest absolute Gasteiger partial charge is 0.317 e. The molecule has 1 fully saturated rings. The van der Waals surface area contributed by atoms with Crippen LogP contribution in [0.15, 0.2) is 30.6 Å². The lowest BCUT2D eigenvalue weighted by Crippen LogP contribution is -2.46. The van der Waals surface area contributed by atoms with Crippen molar-refractivity contribution in [3.05, 3.63) is 39.8 Å². The SMILES string of the molecule is CC(NC(=O)N1CCCC(n2cccn2)C1)c1ccc(Cl)s1.